The highest BCUT2D eigenvalue weighted by molar-refractivity contribution is 5.95. The van der Waals surface area contributed by atoms with Gasteiger partial charge in [-0.05, 0) is 32.8 Å². The Kier molecular flexibility index (Phi) is 6.11. The first kappa shape index (κ1) is 15.9. The summed E-state index contributed by atoms with van der Waals surface area (Å²) in [7, 11) is 0. The topological polar surface area (TPSA) is 66.9 Å². The molecule has 1 aromatic rings. The predicted molar refractivity (Wildman–Crippen MR) is 83.3 cm³/mol. The molecule has 0 aliphatic heterocycles. The summed E-state index contributed by atoms with van der Waals surface area (Å²) in [6.45, 7) is 5.13. The molecule has 21 heavy (non-hydrogen) atoms. The number of nitrogens with one attached hydrogen (secondary N) is 2. The van der Waals surface area contributed by atoms with Crippen molar-refractivity contribution in [3.63, 3.8) is 0 Å². The SMILES string of the molecule is Cc1cc(C(=O)NCCNC2CCCCCC2)c(C)nn1. The molecule has 2 N–H and O–H groups in total. The van der Waals surface area contributed by atoms with E-state index in [2.05, 4.69) is 20.8 Å². The minimum Gasteiger partial charge on any atom is -0.351 e. The van der Waals surface area contributed by atoms with Gasteiger partial charge in [0.15, 0.2) is 0 Å². The highest BCUT2D eigenvalue weighted by atomic mass is 16.1. The van der Waals surface area contributed by atoms with Gasteiger partial charge in [-0.25, -0.2) is 0 Å². The van der Waals surface area contributed by atoms with Crippen LogP contribution in [0.15, 0.2) is 6.07 Å². The van der Waals surface area contributed by atoms with Gasteiger partial charge in [0.2, 0.25) is 0 Å². The molecule has 2 rings (SSSR count). The van der Waals surface area contributed by atoms with Gasteiger partial charge in [0.05, 0.1) is 17.0 Å². The van der Waals surface area contributed by atoms with Crippen molar-refractivity contribution in [3.05, 3.63) is 23.0 Å². The maximum Gasteiger partial charge on any atom is 0.253 e. The van der Waals surface area contributed by atoms with Crippen molar-refractivity contribution >= 4 is 5.91 Å². The van der Waals surface area contributed by atoms with E-state index >= 15 is 0 Å². The molecule has 0 unspecified atom stereocenters. The number of carbonyl (C=O) groups is 1. The summed E-state index contributed by atoms with van der Waals surface area (Å²) in [6.07, 6.45) is 7.91. The molecule has 5 heteroatoms. The zero-order valence-corrected chi connectivity index (χ0v) is 13.1. The Morgan fingerprint density at radius 2 is 1.86 bits per heavy atom. The summed E-state index contributed by atoms with van der Waals surface area (Å²) >= 11 is 0. The summed E-state index contributed by atoms with van der Waals surface area (Å²) in [5, 5.41) is 14.4. The van der Waals surface area contributed by atoms with Gasteiger partial charge in [0.1, 0.15) is 0 Å². The molecule has 0 atom stereocenters. The van der Waals surface area contributed by atoms with Crippen molar-refractivity contribution < 1.29 is 4.79 Å². The Bertz CT molecular complexity index is 467. The normalized spacial score (nSPS) is 16.5. The van der Waals surface area contributed by atoms with E-state index < -0.39 is 0 Å². The fraction of sp³-hybridized carbons (Fsp3) is 0.688. The number of aromatic nitrogens is 2. The molecule has 0 radical (unpaired) electrons. The Hall–Kier alpha value is -1.49. The predicted octanol–water partition coefficient (Wildman–Crippen LogP) is 2.14. The van der Waals surface area contributed by atoms with Crippen molar-refractivity contribution in [1.29, 1.82) is 0 Å². The molecule has 1 amide bonds. The van der Waals surface area contributed by atoms with Crippen LogP contribution in [0.2, 0.25) is 0 Å². The van der Waals surface area contributed by atoms with E-state index in [1.165, 1.54) is 38.5 Å². The molecule has 5 nitrogen and oxygen atoms in total. The van der Waals surface area contributed by atoms with Crippen LogP contribution in [-0.2, 0) is 0 Å². The lowest BCUT2D eigenvalue weighted by atomic mass is 10.1. The lowest BCUT2D eigenvalue weighted by Gasteiger charge is -2.16. The van der Waals surface area contributed by atoms with E-state index in [0.29, 0.717) is 23.8 Å². The van der Waals surface area contributed by atoms with Crippen LogP contribution in [0, 0.1) is 13.8 Å². The first-order chi connectivity index (χ1) is 10.2. The average molecular weight is 290 g/mol. The Morgan fingerprint density at radius 3 is 2.57 bits per heavy atom. The first-order valence-electron chi connectivity index (χ1n) is 7.99. The van der Waals surface area contributed by atoms with Gasteiger partial charge < -0.3 is 10.6 Å². The van der Waals surface area contributed by atoms with Crippen LogP contribution in [0.3, 0.4) is 0 Å². The summed E-state index contributed by atoms with van der Waals surface area (Å²) in [5.41, 5.74) is 2.06. The van der Waals surface area contributed by atoms with Gasteiger partial charge in [-0.2, -0.15) is 10.2 Å². The number of nitrogens with zero attached hydrogens (tertiary/aromatic N) is 2. The van der Waals surface area contributed by atoms with E-state index in [1.54, 1.807) is 6.07 Å². The summed E-state index contributed by atoms with van der Waals surface area (Å²) in [6, 6.07) is 2.41. The molecule has 116 valence electrons. The lowest BCUT2D eigenvalue weighted by molar-refractivity contribution is 0.0952. The molecular formula is C16H26N4O. The molecule has 1 saturated carbocycles. The van der Waals surface area contributed by atoms with Gasteiger partial charge in [-0.1, -0.05) is 25.7 Å². The monoisotopic (exact) mass is 290 g/mol. The third-order valence-electron chi connectivity index (χ3n) is 4.04. The molecule has 0 spiro atoms. The second-order valence-corrected chi connectivity index (χ2v) is 5.88. The molecule has 1 heterocycles. The number of hydrogen-bond acceptors (Lipinski definition) is 4. The van der Waals surface area contributed by atoms with Crippen LogP contribution in [0.1, 0.15) is 60.3 Å². The van der Waals surface area contributed by atoms with Crippen molar-refractivity contribution in [2.45, 2.75) is 58.4 Å². The molecule has 1 aliphatic carbocycles. The van der Waals surface area contributed by atoms with E-state index in [4.69, 9.17) is 0 Å². The van der Waals surface area contributed by atoms with Crippen LogP contribution in [-0.4, -0.2) is 35.2 Å². The van der Waals surface area contributed by atoms with Crippen LogP contribution in [0.5, 0.6) is 0 Å². The maximum atomic E-state index is 12.1. The number of hydrogen-bond donors (Lipinski definition) is 2. The summed E-state index contributed by atoms with van der Waals surface area (Å²) in [4.78, 5) is 12.1. The van der Waals surface area contributed by atoms with Crippen molar-refractivity contribution in [3.8, 4) is 0 Å². The Labute approximate surface area is 126 Å². The fourth-order valence-electron chi connectivity index (χ4n) is 2.81. The minimum absolute atomic E-state index is 0.0619. The highest BCUT2D eigenvalue weighted by Crippen LogP contribution is 2.16. The number of carbonyl (C=O) groups excluding carboxylic acids is 1. The van der Waals surface area contributed by atoms with Crippen LogP contribution in [0.25, 0.3) is 0 Å². The Balaban J connectivity index is 1.72. The quantitative estimate of drug-likeness (QED) is 0.644. The number of amides is 1. The van der Waals surface area contributed by atoms with Crippen LogP contribution < -0.4 is 10.6 Å². The Morgan fingerprint density at radius 1 is 1.14 bits per heavy atom. The fourth-order valence-corrected chi connectivity index (χ4v) is 2.81. The molecule has 0 bridgehead atoms. The third kappa shape index (κ3) is 5.08. The molecule has 1 fully saturated rings. The maximum absolute atomic E-state index is 12.1. The summed E-state index contributed by atoms with van der Waals surface area (Å²) < 4.78 is 0. The lowest BCUT2D eigenvalue weighted by Crippen LogP contribution is -2.37. The molecule has 1 aromatic heterocycles. The highest BCUT2D eigenvalue weighted by Gasteiger charge is 2.12. The summed E-state index contributed by atoms with van der Waals surface area (Å²) in [5.74, 6) is -0.0619. The number of rotatable bonds is 5. The standard InChI is InChI=1S/C16H26N4O/c1-12-11-15(13(2)20-19-12)16(21)18-10-9-17-14-7-5-3-4-6-8-14/h11,14,17H,3-10H2,1-2H3,(H,18,21). The molecule has 1 aliphatic rings. The second-order valence-electron chi connectivity index (χ2n) is 5.88. The number of aryl methyl sites for hydroxylation is 2. The van der Waals surface area contributed by atoms with Gasteiger partial charge in [0, 0.05) is 19.1 Å². The largest absolute Gasteiger partial charge is 0.351 e. The van der Waals surface area contributed by atoms with Crippen molar-refractivity contribution in [2.75, 3.05) is 13.1 Å². The van der Waals surface area contributed by atoms with Gasteiger partial charge in [-0.15, -0.1) is 0 Å². The molecule has 0 aromatic carbocycles. The van der Waals surface area contributed by atoms with E-state index in [-0.39, 0.29) is 5.91 Å². The van der Waals surface area contributed by atoms with E-state index in [1.807, 2.05) is 13.8 Å². The zero-order chi connectivity index (χ0) is 15.1. The molecule has 0 saturated heterocycles. The van der Waals surface area contributed by atoms with Gasteiger partial charge in [0.25, 0.3) is 5.91 Å². The van der Waals surface area contributed by atoms with Crippen LogP contribution >= 0.6 is 0 Å². The minimum atomic E-state index is -0.0619. The first-order valence-corrected chi connectivity index (χ1v) is 7.99. The van der Waals surface area contributed by atoms with Gasteiger partial charge in [-0.3, -0.25) is 4.79 Å². The molecular weight excluding hydrogens is 264 g/mol. The zero-order valence-electron chi connectivity index (χ0n) is 13.1. The van der Waals surface area contributed by atoms with Crippen LogP contribution in [0.4, 0.5) is 0 Å². The smallest absolute Gasteiger partial charge is 0.253 e. The van der Waals surface area contributed by atoms with E-state index in [9.17, 15) is 4.79 Å². The third-order valence-corrected chi connectivity index (χ3v) is 4.04. The van der Waals surface area contributed by atoms with Gasteiger partial charge >= 0.3 is 0 Å². The van der Waals surface area contributed by atoms with Crippen molar-refractivity contribution in [1.82, 2.24) is 20.8 Å². The van der Waals surface area contributed by atoms with E-state index in [0.717, 1.165) is 12.2 Å². The van der Waals surface area contributed by atoms with Crippen molar-refractivity contribution in [2.24, 2.45) is 0 Å². The average Bonchev–Trinajstić information content (AvgIpc) is 2.74. The second kappa shape index (κ2) is 8.08.